The fourth-order valence-electron chi connectivity index (χ4n) is 2.91. The van der Waals surface area contributed by atoms with Crippen LogP contribution in [0.5, 0.6) is 0 Å². The van der Waals surface area contributed by atoms with Crippen molar-refractivity contribution in [2.75, 3.05) is 25.1 Å². The highest BCUT2D eigenvalue weighted by molar-refractivity contribution is 5.49. The fraction of sp³-hybridized carbons (Fsp3) is 0.667. The van der Waals surface area contributed by atoms with E-state index in [4.69, 9.17) is 4.74 Å². The number of hydrogen-bond acceptors (Lipinski definition) is 3. The minimum atomic E-state index is -4.29. The number of alkyl halides is 3. The molecule has 0 saturated carbocycles. The van der Waals surface area contributed by atoms with Gasteiger partial charge in [0.1, 0.15) is 0 Å². The SMILES string of the molecule is COC(C)(C)C(C)NC1CCN(c2cccc(C(F)(F)F)c2)CC1. The quantitative estimate of drug-likeness (QED) is 0.871. The fourth-order valence-corrected chi connectivity index (χ4v) is 2.91. The molecule has 0 aliphatic carbocycles. The Morgan fingerprint density at radius 3 is 2.38 bits per heavy atom. The maximum absolute atomic E-state index is 12.8. The minimum absolute atomic E-state index is 0.201. The van der Waals surface area contributed by atoms with Gasteiger partial charge in [0.25, 0.3) is 0 Å². The molecule has 0 spiro atoms. The second-order valence-electron chi connectivity index (χ2n) is 7.01. The summed E-state index contributed by atoms with van der Waals surface area (Å²) in [5.74, 6) is 0. The van der Waals surface area contributed by atoms with Crippen LogP contribution in [-0.4, -0.2) is 37.9 Å². The summed E-state index contributed by atoms with van der Waals surface area (Å²) in [4.78, 5) is 2.03. The molecule has 1 saturated heterocycles. The van der Waals surface area contributed by atoms with Crippen molar-refractivity contribution in [1.82, 2.24) is 5.32 Å². The van der Waals surface area contributed by atoms with Crippen molar-refractivity contribution in [3.63, 3.8) is 0 Å². The summed E-state index contributed by atoms with van der Waals surface area (Å²) in [6.45, 7) is 7.69. The van der Waals surface area contributed by atoms with Crippen LogP contribution in [0.2, 0.25) is 0 Å². The van der Waals surface area contributed by atoms with Crippen molar-refractivity contribution >= 4 is 5.69 Å². The molecule has 1 atom stereocenters. The van der Waals surface area contributed by atoms with Gasteiger partial charge in [-0.05, 0) is 51.8 Å². The van der Waals surface area contributed by atoms with Crippen molar-refractivity contribution in [3.8, 4) is 0 Å². The number of halogens is 3. The lowest BCUT2D eigenvalue weighted by molar-refractivity contribution is -0.137. The van der Waals surface area contributed by atoms with Gasteiger partial charge in [0.15, 0.2) is 0 Å². The van der Waals surface area contributed by atoms with Gasteiger partial charge in [-0.25, -0.2) is 0 Å². The zero-order chi connectivity index (χ0) is 18.0. The third-order valence-electron chi connectivity index (χ3n) is 5.09. The topological polar surface area (TPSA) is 24.5 Å². The molecular weight excluding hydrogens is 317 g/mol. The lowest BCUT2D eigenvalue weighted by atomic mass is 9.96. The third-order valence-corrected chi connectivity index (χ3v) is 5.09. The van der Waals surface area contributed by atoms with Gasteiger partial charge in [0, 0.05) is 38.0 Å². The number of benzene rings is 1. The number of rotatable bonds is 5. The number of piperidine rings is 1. The smallest absolute Gasteiger partial charge is 0.377 e. The van der Waals surface area contributed by atoms with E-state index in [0.29, 0.717) is 11.7 Å². The van der Waals surface area contributed by atoms with Gasteiger partial charge in [0.05, 0.1) is 11.2 Å². The standard InChI is InChI=1S/C18H27F3N2O/c1-13(17(2,3)24-4)22-15-8-10-23(11-9-15)16-7-5-6-14(12-16)18(19,20)21/h5-7,12-13,15,22H,8-11H2,1-4H3. The zero-order valence-electron chi connectivity index (χ0n) is 14.8. The van der Waals surface area contributed by atoms with Crippen LogP contribution >= 0.6 is 0 Å². The zero-order valence-corrected chi connectivity index (χ0v) is 14.8. The second-order valence-corrected chi connectivity index (χ2v) is 7.01. The molecule has 1 heterocycles. The Kier molecular flexibility index (Phi) is 5.81. The predicted octanol–water partition coefficient (Wildman–Crippen LogP) is 4.08. The van der Waals surface area contributed by atoms with Crippen LogP contribution in [0.4, 0.5) is 18.9 Å². The Morgan fingerprint density at radius 2 is 1.83 bits per heavy atom. The molecule has 1 unspecified atom stereocenters. The molecule has 0 aromatic heterocycles. The lowest BCUT2D eigenvalue weighted by Crippen LogP contribution is -2.52. The monoisotopic (exact) mass is 344 g/mol. The highest BCUT2D eigenvalue weighted by Crippen LogP contribution is 2.32. The molecule has 1 fully saturated rings. The normalized spacial score (nSPS) is 18.7. The molecule has 0 amide bonds. The Bertz CT molecular complexity index is 537. The summed E-state index contributed by atoms with van der Waals surface area (Å²) in [6, 6.07) is 6.14. The molecule has 1 aliphatic heterocycles. The van der Waals surface area contributed by atoms with E-state index in [0.717, 1.165) is 32.0 Å². The van der Waals surface area contributed by atoms with Crippen molar-refractivity contribution < 1.29 is 17.9 Å². The second kappa shape index (κ2) is 7.31. The Balaban J connectivity index is 1.94. The first kappa shape index (κ1) is 19.1. The summed E-state index contributed by atoms with van der Waals surface area (Å²) in [6.07, 6.45) is -2.49. The van der Waals surface area contributed by atoms with E-state index in [2.05, 4.69) is 12.2 Å². The van der Waals surface area contributed by atoms with Crippen LogP contribution < -0.4 is 10.2 Å². The van der Waals surface area contributed by atoms with Gasteiger partial charge in [0.2, 0.25) is 0 Å². The summed E-state index contributed by atoms with van der Waals surface area (Å²) < 4.78 is 44.0. The van der Waals surface area contributed by atoms with E-state index < -0.39 is 11.7 Å². The summed E-state index contributed by atoms with van der Waals surface area (Å²) in [7, 11) is 1.70. The Morgan fingerprint density at radius 1 is 1.21 bits per heavy atom. The van der Waals surface area contributed by atoms with Crippen LogP contribution in [0.15, 0.2) is 24.3 Å². The molecule has 6 heteroatoms. The number of anilines is 1. The number of ether oxygens (including phenoxy) is 1. The molecule has 1 aliphatic rings. The van der Waals surface area contributed by atoms with Gasteiger partial charge < -0.3 is 15.0 Å². The molecular formula is C18H27F3N2O. The number of methoxy groups -OCH3 is 1. The molecule has 1 aromatic rings. The highest BCUT2D eigenvalue weighted by Gasteiger charge is 2.32. The van der Waals surface area contributed by atoms with E-state index in [1.165, 1.54) is 12.1 Å². The van der Waals surface area contributed by atoms with Crippen LogP contribution in [0.3, 0.4) is 0 Å². The largest absolute Gasteiger partial charge is 0.416 e. The molecule has 2 rings (SSSR count). The van der Waals surface area contributed by atoms with E-state index in [-0.39, 0.29) is 11.6 Å². The molecule has 1 aromatic carbocycles. The molecule has 0 bridgehead atoms. The summed E-state index contributed by atoms with van der Waals surface area (Å²) in [5, 5.41) is 3.59. The maximum Gasteiger partial charge on any atom is 0.416 e. The van der Waals surface area contributed by atoms with Crippen LogP contribution in [0.1, 0.15) is 39.2 Å². The van der Waals surface area contributed by atoms with Gasteiger partial charge >= 0.3 is 6.18 Å². The predicted molar refractivity (Wildman–Crippen MR) is 90.4 cm³/mol. The maximum atomic E-state index is 12.8. The van der Waals surface area contributed by atoms with Crippen LogP contribution in [0.25, 0.3) is 0 Å². The van der Waals surface area contributed by atoms with Crippen molar-refractivity contribution in [3.05, 3.63) is 29.8 Å². The summed E-state index contributed by atoms with van der Waals surface area (Å²) >= 11 is 0. The third kappa shape index (κ3) is 4.63. The van der Waals surface area contributed by atoms with Crippen molar-refractivity contribution in [2.24, 2.45) is 0 Å². The van der Waals surface area contributed by atoms with Gasteiger partial charge in [-0.15, -0.1) is 0 Å². The first-order valence-electron chi connectivity index (χ1n) is 8.37. The number of hydrogen-bond donors (Lipinski definition) is 1. The molecule has 0 radical (unpaired) electrons. The lowest BCUT2D eigenvalue weighted by Gasteiger charge is -2.39. The molecule has 136 valence electrons. The molecule has 24 heavy (non-hydrogen) atoms. The number of nitrogens with one attached hydrogen (secondary N) is 1. The minimum Gasteiger partial charge on any atom is -0.377 e. The molecule has 3 nitrogen and oxygen atoms in total. The Hall–Kier alpha value is -1.27. The first-order valence-corrected chi connectivity index (χ1v) is 8.37. The summed E-state index contributed by atoms with van der Waals surface area (Å²) in [5.41, 5.74) is -0.192. The van der Waals surface area contributed by atoms with Gasteiger partial charge in [-0.3, -0.25) is 0 Å². The van der Waals surface area contributed by atoms with Gasteiger partial charge in [-0.2, -0.15) is 13.2 Å². The van der Waals surface area contributed by atoms with Crippen LogP contribution in [0, 0.1) is 0 Å². The molecule has 1 N–H and O–H groups in total. The average Bonchev–Trinajstić information content (AvgIpc) is 2.55. The van der Waals surface area contributed by atoms with E-state index >= 15 is 0 Å². The Labute approximate surface area is 142 Å². The van der Waals surface area contributed by atoms with Gasteiger partial charge in [-0.1, -0.05) is 6.07 Å². The average molecular weight is 344 g/mol. The van der Waals surface area contributed by atoms with E-state index in [9.17, 15) is 13.2 Å². The van der Waals surface area contributed by atoms with E-state index in [1.54, 1.807) is 13.2 Å². The highest BCUT2D eigenvalue weighted by atomic mass is 19.4. The van der Waals surface area contributed by atoms with Crippen molar-refractivity contribution in [2.45, 2.75) is 57.5 Å². The first-order chi connectivity index (χ1) is 11.1. The van der Waals surface area contributed by atoms with Crippen molar-refractivity contribution in [1.29, 1.82) is 0 Å². The van der Waals surface area contributed by atoms with Crippen LogP contribution in [-0.2, 0) is 10.9 Å². The number of nitrogens with zero attached hydrogens (tertiary/aromatic N) is 1. The van der Waals surface area contributed by atoms with E-state index in [1.807, 2.05) is 18.7 Å².